The number of benzene rings is 2. The van der Waals surface area contributed by atoms with Crippen molar-refractivity contribution in [3.8, 4) is 11.3 Å². The maximum absolute atomic E-state index is 12.7. The van der Waals surface area contributed by atoms with Crippen LogP contribution < -0.4 is 10.4 Å². The summed E-state index contributed by atoms with van der Waals surface area (Å²) in [7, 11) is 0. The van der Waals surface area contributed by atoms with Gasteiger partial charge in [0.15, 0.2) is 0 Å². The normalized spacial score (nSPS) is 15.1. The number of carbonyl (C=O) groups excluding carboxylic acids is 2. The predicted octanol–water partition coefficient (Wildman–Crippen LogP) is 3.71. The Kier molecular flexibility index (Phi) is 4.93. The number of nitrogens with zero attached hydrogens (tertiary/aromatic N) is 1. The molecular formula is C21H13IN2O5. The average molecular weight is 500 g/mol. The first-order valence-electron chi connectivity index (χ1n) is 8.48. The van der Waals surface area contributed by atoms with Gasteiger partial charge in [0.25, 0.3) is 11.8 Å². The molecule has 29 heavy (non-hydrogen) atoms. The van der Waals surface area contributed by atoms with Gasteiger partial charge in [0.05, 0.1) is 11.3 Å². The lowest BCUT2D eigenvalue weighted by atomic mass is 10.1. The Labute approximate surface area is 178 Å². The van der Waals surface area contributed by atoms with E-state index in [9.17, 15) is 14.4 Å². The van der Waals surface area contributed by atoms with Gasteiger partial charge in [0, 0.05) is 9.13 Å². The molecule has 0 unspecified atom stereocenters. The number of hydrogen-bond acceptors (Lipinski definition) is 4. The van der Waals surface area contributed by atoms with Crippen molar-refractivity contribution < 1.29 is 23.9 Å². The van der Waals surface area contributed by atoms with Crippen molar-refractivity contribution in [1.82, 2.24) is 5.43 Å². The number of nitrogens with one attached hydrogen (secondary N) is 1. The van der Waals surface area contributed by atoms with E-state index in [0.717, 1.165) is 3.57 Å². The molecule has 2 amide bonds. The van der Waals surface area contributed by atoms with E-state index >= 15 is 0 Å². The van der Waals surface area contributed by atoms with Gasteiger partial charge in [-0.2, -0.15) is 0 Å². The molecule has 2 N–H and O–H groups in total. The quantitative estimate of drug-likeness (QED) is 0.323. The van der Waals surface area contributed by atoms with E-state index in [-0.39, 0.29) is 11.1 Å². The number of carbonyl (C=O) groups is 3. The van der Waals surface area contributed by atoms with Crippen molar-refractivity contribution in [2.75, 3.05) is 5.01 Å². The van der Waals surface area contributed by atoms with Gasteiger partial charge in [-0.25, -0.2) is 9.80 Å². The first-order chi connectivity index (χ1) is 13.9. The van der Waals surface area contributed by atoms with E-state index < -0.39 is 17.8 Å². The van der Waals surface area contributed by atoms with Crippen molar-refractivity contribution in [2.45, 2.75) is 0 Å². The molecule has 0 aliphatic carbocycles. The minimum absolute atomic E-state index is 0.0521. The van der Waals surface area contributed by atoms with E-state index in [4.69, 9.17) is 9.52 Å². The van der Waals surface area contributed by atoms with Crippen LogP contribution in [0.15, 0.2) is 70.7 Å². The van der Waals surface area contributed by atoms with Crippen LogP contribution in [0.2, 0.25) is 0 Å². The number of hydrazine groups is 1. The highest BCUT2D eigenvalue weighted by atomic mass is 127. The summed E-state index contributed by atoms with van der Waals surface area (Å²) in [6.45, 7) is 0. The maximum Gasteiger partial charge on any atom is 0.335 e. The minimum Gasteiger partial charge on any atom is -0.478 e. The van der Waals surface area contributed by atoms with Crippen LogP contribution in [0.25, 0.3) is 17.4 Å². The number of furan rings is 1. The second-order valence-corrected chi connectivity index (χ2v) is 7.45. The standard InChI is InChI=1S/C21H13IN2O5/c22-14-4-6-15(7-5-14)24-20(26)17(19(25)23-24)11-16-8-9-18(29-16)12-2-1-3-13(10-12)21(27)28/h1-11H,(H,23,25)(H,27,28)/b17-11+. The van der Waals surface area contributed by atoms with Crippen LogP contribution in [-0.4, -0.2) is 22.9 Å². The molecule has 0 bridgehead atoms. The third kappa shape index (κ3) is 3.79. The van der Waals surface area contributed by atoms with Gasteiger partial charge in [-0.3, -0.25) is 15.0 Å². The molecule has 0 radical (unpaired) electrons. The van der Waals surface area contributed by atoms with Crippen LogP contribution in [0.4, 0.5) is 5.69 Å². The van der Waals surface area contributed by atoms with Gasteiger partial charge < -0.3 is 9.52 Å². The Bertz CT molecular complexity index is 1160. The molecule has 8 heteroatoms. The average Bonchev–Trinajstić information content (AvgIpc) is 3.29. The molecule has 2 heterocycles. The second-order valence-electron chi connectivity index (χ2n) is 6.20. The monoisotopic (exact) mass is 500 g/mol. The first kappa shape index (κ1) is 18.9. The number of carboxylic acid groups (broad SMARTS) is 1. The fourth-order valence-electron chi connectivity index (χ4n) is 2.86. The molecule has 1 aliphatic rings. The van der Waals surface area contributed by atoms with Crippen LogP contribution in [-0.2, 0) is 9.59 Å². The van der Waals surface area contributed by atoms with Crippen molar-refractivity contribution in [2.24, 2.45) is 0 Å². The molecule has 144 valence electrons. The summed E-state index contributed by atoms with van der Waals surface area (Å²) in [4.78, 5) is 36.1. The zero-order chi connectivity index (χ0) is 20.5. The molecule has 0 atom stereocenters. The number of rotatable bonds is 4. The van der Waals surface area contributed by atoms with Gasteiger partial charge >= 0.3 is 5.97 Å². The second kappa shape index (κ2) is 7.55. The summed E-state index contributed by atoms with van der Waals surface area (Å²) < 4.78 is 6.71. The van der Waals surface area contributed by atoms with Crippen LogP contribution in [0, 0.1) is 3.57 Å². The summed E-state index contributed by atoms with van der Waals surface area (Å²) in [6.07, 6.45) is 1.37. The van der Waals surface area contributed by atoms with Crippen molar-refractivity contribution in [3.05, 3.63) is 81.1 Å². The van der Waals surface area contributed by atoms with Crippen molar-refractivity contribution in [3.63, 3.8) is 0 Å². The fourth-order valence-corrected chi connectivity index (χ4v) is 3.22. The zero-order valence-corrected chi connectivity index (χ0v) is 16.9. The van der Waals surface area contributed by atoms with Crippen molar-refractivity contribution >= 4 is 52.1 Å². The van der Waals surface area contributed by atoms with Gasteiger partial charge in [0.2, 0.25) is 0 Å². The predicted molar refractivity (Wildman–Crippen MR) is 114 cm³/mol. The van der Waals surface area contributed by atoms with Gasteiger partial charge in [-0.15, -0.1) is 0 Å². The Morgan fingerprint density at radius 2 is 1.83 bits per heavy atom. The number of hydrogen-bond donors (Lipinski definition) is 2. The van der Waals surface area contributed by atoms with E-state index in [0.29, 0.717) is 22.8 Å². The van der Waals surface area contributed by atoms with Crippen molar-refractivity contribution in [1.29, 1.82) is 0 Å². The lowest BCUT2D eigenvalue weighted by molar-refractivity contribution is -0.117. The highest BCUT2D eigenvalue weighted by molar-refractivity contribution is 14.1. The largest absolute Gasteiger partial charge is 0.478 e. The number of anilines is 1. The third-order valence-corrected chi connectivity index (χ3v) is 5.00. The lowest BCUT2D eigenvalue weighted by Gasteiger charge is -2.14. The summed E-state index contributed by atoms with van der Waals surface area (Å²) in [5.41, 5.74) is 3.75. The molecule has 2 aromatic carbocycles. The zero-order valence-electron chi connectivity index (χ0n) is 14.8. The Morgan fingerprint density at radius 3 is 2.55 bits per heavy atom. The topological polar surface area (TPSA) is 99.9 Å². The Balaban J connectivity index is 1.61. The lowest BCUT2D eigenvalue weighted by Crippen LogP contribution is -2.35. The SMILES string of the molecule is O=C1NN(c2ccc(I)cc2)C(=O)/C1=C/c1ccc(-c2cccc(C(=O)O)c2)o1. The van der Waals surface area contributed by atoms with Crippen LogP contribution >= 0.6 is 22.6 Å². The van der Waals surface area contributed by atoms with Crippen LogP contribution in [0.1, 0.15) is 16.1 Å². The molecule has 0 spiro atoms. The van der Waals surface area contributed by atoms with E-state index in [1.807, 2.05) is 12.1 Å². The molecule has 3 aromatic rings. The smallest absolute Gasteiger partial charge is 0.335 e. The highest BCUT2D eigenvalue weighted by Crippen LogP contribution is 2.26. The van der Waals surface area contributed by atoms with E-state index in [2.05, 4.69) is 28.0 Å². The summed E-state index contributed by atoms with van der Waals surface area (Å²) >= 11 is 2.15. The van der Waals surface area contributed by atoms with Crippen LogP contribution in [0.5, 0.6) is 0 Å². The molecule has 7 nitrogen and oxygen atoms in total. The van der Waals surface area contributed by atoms with Crippen LogP contribution in [0.3, 0.4) is 0 Å². The summed E-state index contributed by atoms with van der Waals surface area (Å²) in [6, 6.07) is 16.7. The highest BCUT2D eigenvalue weighted by Gasteiger charge is 2.34. The number of amides is 2. The number of aromatic carboxylic acids is 1. The Hall–Kier alpha value is -3.40. The summed E-state index contributed by atoms with van der Waals surface area (Å²) in [5, 5.41) is 10.3. The third-order valence-electron chi connectivity index (χ3n) is 4.28. The minimum atomic E-state index is -1.04. The first-order valence-corrected chi connectivity index (χ1v) is 9.56. The number of halogens is 1. The maximum atomic E-state index is 12.7. The molecule has 4 rings (SSSR count). The Morgan fingerprint density at radius 1 is 1.07 bits per heavy atom. The number of carboxylic acids is 1. The fraction of sp³-hybridized carbons (Fsp3) is 0. The molecular weight excluding hydrogens is 487 g/mol. The van der Waals surface area contributed by atoms with Gasteiger partial charge in [-0.1, -0.05) is 12.1 Å². The molecule has 1 saturated heterocycles. The van der Waals surface area contributed by atoms with E-state index in [1.165, 1.54) is 23.2 Å². The molecule has 1 aromatic heterocycles. The van der Waals surface area contributed by atoms with Gasteiger partial charge in [-0.05, 0) is 77.2 Å². The molecule has 1 aliphatic heterocycles. The molecule has 0 saturated carbocycles. The summed E-state index contributed by atoms with van der Waals surface area (Å²) in [5.74, 6) is -1.31. The molecule has 1 fully saturated rings. The van der Waals surface area contributed by atoms with E-state index in [1.54, 1.807) is 36.4 Å². The van der Waals surface area contributed by atoms with Gasteiger partial charge in [0.1, 0.15) is 17.1 Å².